The summed E-state index contributed by atoms with van der Waals surface area (Å²) in [6, 6.07) is 7.26. The molecule has 1 unspecified atom stereocenters. The molecule has 1 aromatic carbocycles. The smallest absolute Gasteiger partial charge is 0.305 e. The maximum atomic E-state index is 11.5. The molecule has 0 radical (unpaired) electrons. The van der Waals surface area contributed by atoms with Gasteiger partial charge in [0.25, 0.3) is 0 Å². The van der Waals surface area contributed by atoms with E-state index in [0.29, 0.717) is 10.9 Å². The van der Waals surface area contributed by atoms with E-state index in [-0.39, 0.29) is 12.3 Å². The summed E-state index contributed by atoms with van der Waals surface area (Å²) in [6.07, 6.45) is 1.28. The third-order valence-corrected chi connectivity index (χ3v) is 3.66. The van der Waals surface area contributed by atoms with Crippen molar-refractivity contribution in [2.24, 2.45) is 10.2 Å². The molecule has 8 heteroatoms. The lowest BCUT2D eigenvalue weighted by Crippen LogP contribution is -2.26. The molecule has 0 saturated carbocycles. The first-order valence-corrected chi connectivity index (χ1v) is 6.91. The fourth-order valence-corrected chi connectivity index (χ4v) is 2.53. The van der Waals surface area contributed by atoms with Gasteiger partial charge < -0.3 is 15.2 Å². The summed E-state index contributed by atoms with van der Waals surface area (Å²) in [6.45, 7) is 0. The number of hydrogen-bond acceptors (Lipinski definition) is 6. The van der Waals surface area contributed by atoms with Crippen LogP contribution in [0.2, 0.25) is 0 Å². The highest BCUT2D eigenvalue weighted by Gasteiger charge is 2.32. The average Bonchev–Trinajstić information content (AvgIpc) is 2.78. The Labute approximate surface area is 125 Å². The van der Waals surface area contributed by atoms with Crippen LogP contribution in [0.5, 0.6) is 5.75 Å². The third-order valence-electron chi connectivity index (χ3n) is 2.59. The zero-order chi connectivity index (χ0) is 15.2. The molecule has 1 aliphatic heterocycles. The Morgan fingerprint density at radius 3 is 3.10 bits per heavy atom. The Kier molecular flexibility index (Phi) is 4.94. The Hall–Kier alpha value is -2.35. The molecule has 0 spiro atoms. The monoisotopic (exact) mass is 307 g/mol. The van der Waals surface area contributed by atoms with Crippen molar-refractivity contribution >= 4 is 35.0 Å². The summed E-state index contributed by atoms with van der Waals surface area (Å²) in [7, 11) is 1.57. The number of ether oxygens (including phenoxy) is 1. The largest absolute Gasteiger partial charge is 0.497 e. The van der Waals surface area contributed by atoms with Gasteiger partial charge in [-0.05, 0) is 17.7 Å². The number of carboxylic acid groups (broad SMARTS) is 1. The van der Waals surface area contributed by atoms with Gasteiger partial charge in [0.05, 0.1) is 19.7 Å². The molecule has 1 aliphatic rings. The van der Waals surface area contributed by atoms with Crippen molar-refractivity contribution in [1.82, 2.24) is 5.32 Å². The van der Waals surface area contributed by atoms with Crippen molar-refractivity contribution in [2.75, 3.05) is 7.11 Å². The Morgan fingerprint density at radius 2 is 2.38 bits per heavy atom. The highest BCUT2D eigenvalue weighted by atomic mass is 32.2. The quantitative estimate of drug-likeness (QED) is 0.626. The zero-order valence-electron chi connectivity index (χ0n) is 11.1. The zero-order valence-corrected chi connectivity index (χ0v) is 12.0. The van der Waals surface area contributed by atoms with Crippen LogP contribution in [0.4, 0.5) is 0 Å². The summed E-state index contributed by atoms with van der Waals surface area (Å²) < 4.78 is 5.09. The van der Waals surface area contributed by atoms with Gasteiger partial charge in [0.1, 0.15) is 11.0 Å². The summed E-state index contributed by atoms with van der Waals surface area (Å²) in [4.78, 5) is 22.1. The fraction of sp³-hybridized carbons (Fsp3) is 0.231. The average molecular weight is 307 g/mol. The molecule has 21 heavy (non-hydrogen) atoms. The number of amides is 1. The van der Waals surface area contributed by atoms with Crippen LogP contribution in [0.25, 0.3) is 0 Å². The van der Waals surface area contributed by atoms with Gasteiger partial charge in [0.2, 0.25) is 5.91 Å². The standard InChI is InChI=1S/C13H13N3O4S/c1-20-9-4-2-3-8(5-9)7-14-16-13-15-12(19)10(21-13)6-11(17)18/h2-5,7,10H,6H2,1H3,(H,17,18)(H,15,16,19)/b14-7+. The lowest BCUT2D eigenvalue weighted by Gasteiger charge is -1.99. The predicted octanol–water partition coefficient (Wildman–Crippen LogP) is 1.09. The van der Waals surface area contributed by atoms with Crippen molar-refractivity contribution in [2.45, 2.75) is 11.7 Å². The van der Waals surface area contributed by atoms with Crippen molar-refractivity contribution in [1.29, 1.82) is 0 Å². The maximum Gasteiger partial charge on any atom is 0.305 e. The normalized spacial score (nSPS) is 20.0. The molecule has 1 atom stereocenters. The number of methoxy groups -OCH3 is 1. The van der Waals surface area contributed by atoms with Crippen LogP contribution in [-0.4, -0.2) is 40.7 Å². The number of aliphatic carboxylic acids is 1. The van der Waals surface area contributed by atoms with E-state index in [1.807, 2.05) is 18.2 Å². The minimum absolute atomic E-state index is 0.241. The summed E-state index contributed by atoms with van der Waals surface area (Å²) in [5.41, 5.74) is 0.801. The molecular formula is C13H13N3O4S. The first-order valence-electron chi connectivity index (χ1n) is 6.03. The van der Waals surface area contributed by atoms with E-state index in [1.54, 1.807) is 13.2 Å². The molecule has 1 aromatic rings. The van der Waals surface area contributed by atoms with E-state index >= 15 is 0 Å². The molecule has 110 valence electrons. The summed E-state index contributed by atoms with van der Waals surface area (Å²) in [5.74, 6) is -0.682. The minimum atomic E-state index is -1.02. The van der Waals surface area contributed by atoms with Gasteiger partial charge in [-0.2, -0.15) is 5.10 Å². The van der Waals surface area contributed by atoms with Crippen LogP contribution in [-0.2, 0) is 9.59 Å². The Balaban J connectivity index is 1.99. The molecule has 1 saturated heterocycles. The Morgan fingerprint density at radius 1 is 1.57 bits per heavy atom. The number of hydrogen-bond donors (Lipinski definition) is 2. The van der Waals surface area contributed by atoms with Crippen LogP contribution in [0.3, 0.4) is 0 Å². The van der Waals surface area contributed by atoms with E-state index in [0.717, 1.165) is 17.3 Å². The number of amidine groups is 1. The predicted molar refractivity (Wildman–Crippen MR) is 79.8 cm³/mol. The number of benzene rings is 1. The van der Waals surface area contributed by atoms with Crippen LogP contribution in [0.15, 0.2) is 34.5 Å². The van der Waals surface area contributed by atoms with Crippen molar-refractivity contribution < 1.29 is 19.4 Å². The number of thioether (sulfide) groups is 1. The number of carboxylic acids is 1. The molecule has 0 aliphatic carbocycles. The molecule has 1 fully saturated rings. The fourth-order valence-electron chi connectivity index (χ4n) is 1.61. The molecule has 0 bridgehead atoms. The van der Waals surface area contributed by atoms with Gasteiger partial charge in [-0.3, -0.25) is 9.59 Å². The first-order chi connectivity index (χ1) is 10.1. The van der Waals surface area contributed by atoms with Crippen LogP contribution < -0.4 is 10.1 Å². The molecule has 0 aromatic heterocycles. The van der Waals surface area contributed by atoms with E-state index < -0.39 is 11.2 Å². The second-order valence-electron chi connectivity index (χ2n) is 4.12. The molecule has 1 heterocycles. The van der Waals surface area contributed by atoms with E-state index in [9.17, 15) is 9.59 Å². The van der Waals surface area contributed by atoms with Crippen molar-refractivity contribution in [3.63, 3.8) is 0 Å². The van der Waals surface area contributed by atoms with Crippen LogP contribution in [0, 0.1) is 0 Å². The first kappa shape index (κ1) is 15.0. The van der Waals surface area contributed by atoms with Gasteiger partial charge in [-0.15, -0.1) is 5.10 Å². The molecule has 2 rings (SSSR count). The number of rotatable bonds is 5. The van der Waals surface area contributed by atoms with Gasteiger partial charge in [0.15, 0.2) is 5.17 Å². The molecular weight excluding hydrogens is 294 g/mol. The topological polar surface area (TPSA) is 100 Å². The number of carbonyl (C=O) groups excluding carboxylic acids is 1. The molecule has 7 nitrogen and oxygen atoms in total. The molecule has 2 N–H and O–H groups in total. The van der Waals surface area contributed by atoms with Crippen molar-refractivity contribution in [3.8, 4) is 5.75 Å². The maximum absolute atomic E-state index is 11.5. The van der Waals surface area contributed by atoms with Crippen LogP contribution in [0.1, 0.15) is 12.0 Å². The van der Waals surface area contributed by atoms with Crippen LogP contribution >= 0.6 is 11.8 Å². The third kappa shape index (κ3) is 4.32. The number of nitrogens with one attached hydrogen (secondary N) is 1. The highest BCUT2D eigenvalue weighted by molar-refractivity contribution is 8.15. The van der Waals surface area contributed by atoms with E-state index in [2.05, 4.69) is 15.5 Å². The summed E-state index contributed by atoms with van der Waals surface area (Å²) in [5, 5.41) is 18.5. The SMILES string of the molecule is COc1cccc(/C=N/N=C2\NC(=O)C(CC(=O)O)S2)c1. The van der Waals surface area contributed by atoms with Gasteiger partial charge in [-0.1, -0.05) is 23.9 Å². The molecule has 1 amide bonds. The lowest BCUT2D eigenvalue weighted by atomic mass is 10.2. The van der Waals surface area contributed by atoms with Gasteiger partial charge in [-0.25, -0.2) is 0 Å². The second kappa shape index (κ2) is 6.89. The van der Waals surface area contributed by atoms with E-state index in [4.69, 9.17) is 9.84 Å². The van der Waals surface area contributed by atoms with E-state index in [1.165, 1.54) is 6.21 Å². The number of nitrogens with zero attached hydrogens (tertiary/aromatic N) is 2. The van der Waals surface area contributed by atoms with Gasteiger partial charge >= 0.3 is 5.97 Å². The van der Waals surface area contributed by atoms with Crippen molar-refractivity contribution in [3.05, 3.63) is 29.8 Å². The minimum Gasteiger partial charge on any atom is -0.497 e. The number of carbonyl (C=O) groups is 2. The van der Waals surface area contributed by atoms with Gasteiger partial charge in [0, 0.05) is 0 Å². The highest BCUT2D eigenvalue weighted by Crippen LogP contribution is 2.22. The summed E-state index contributed by atoms with van der Waals surface area (Å²) >= 11 is 1.06. The Bertz CT molecular complexity index is 615. The lowest BCUT2D eigenvalue weighted by molar-refractivity contribution is -0.138. The second-order valence-corrected chi connectivity index (χ2v) is 5.31.